The highest BCUT2D eigenvalue weighted by molar-refractivity contribution is 6.30. The van der Waals surface area contributed by atoms with Gasteiger partial charge in [-0.2, -0.15) is 0 Å². The van der Waals surface area contributed by atoms with E-state index in [-0.39, 0.29) is 18.7 Å². The summed E-state index contributed by atoms with van der Waals surface area (Å²) in [6.07, 6.45) is 0. The van der Waals surface area contributed by atoms with Crippen molar-refractivity contribution in [2.24, 2.45) is 0 Å². The van der Waals surface area contributed by atoms with Crippen LogP contribution in [0.4, 0.5) is 0 Å². The first-order valence-corrected chi connectivity index (χ1v) is 10.6. The summed E-state index contributed by atoms with van der Waals surface area (Å²) in [5.41, 5.74) is 2.23. The Morgan fingerprint density at radius 2 is 1.68 bits per heavy atom. The van der Waals surface area contributed by atoms with Gasteiger partial charge in [0.25, 0.3) is 5.91 Å². The summed E-state index contributed by atoms with van der Waals surface area (Å²) in [5, 5.41) is 3.56. The van der Waals surface area contributed by atoms with Crippen LogP contribution in [0.5, 0.6) is 11.5 Å². The van der Waals surface area contributed by atoms with Gasteiger partial charge in [-0.25, -0.2) is 0 Å². The maximum atomic E-state index is 12.2. The molecule has 0 fully saturated rings. The molecule has 1 N–H and O–H groups in total. The summed E-state index contributed by atoms with van der Waals surface area (Å²) in [7, 11) is 0. The first-order chi connectivity index (χ1) is 15.0. The Morgan fingerprint density at radius 3 is 2.45 bits per heavy atom. The van der Waals surface area contributed by atoms with Gasteiger partial charge in [0, 0.05) is 24.2 Å². The third-order valence-corrected chi connectivity index (χ3v) is 5.10. The first-order valence-electron chi connectivity index (χ1n) is 10.2. The zero-order valence-electron chi connectivity index (χ0n) is 17.6. The van der Waals surface area contributed by atoms with Gasteiger partial charge in [-0.1, -0.05) is 29.8 Å². The van der Waals surface area contributed by atoms with E-state index in [0.717, 1.165) is 28.4 Å². The van der Waals surface area contributed by atoms with Gasteiger partial charge in [-0.05, 0) is 61.4 Å². The Kier molecular flexibility index (Phi) is 6.49. The fourth-order valence-corrected chi connectivity index (χ4v) is 3.58. The van der Waals surface area contributed by atoms with Gasteiger partial charge in [-0.15, -0.1) is 0 Å². The molecule has 7 heteroatoms. The second-order valence-electron chi connectivity index (χ2n) is 7.85. The zero-order valence-corrected chi connectivity index (χ0v) is 18.3. The van der Waals surface area contributed by atoms with Crippen molar-refractivity contribution in [3.63, 3.8) is 0 Å². The molecule has 1 aliphatic heterocycles. The molecule has 2 heterocycles. The Hall–Kier alpha value is -2.96. The first kappa shape index (κ1) is 21.3. The lowest BCUT2D eigenvalue weighted by molar-refractivity contribution is 0.0910. The largest absolute Gasteiger partial charge is 0.455 e. The van der Waals surface area contributed by atoms with E-state index in [0.29, 0.717) is 30.4 Å². The summed E-state index contributed by atoms with van der Waals surface area (Å²) >= 11 is 6.04. The molecule has 1 amide bonds. The van der Waals surface area contributed by atoms with Crippen LogP contribution in [-0.4, -0.2) is 23.6 Å². The normalized spacial score (nSPS) is 12.5. The fourth-order valence-electron chi connectivity index (χ4n) is 3.45. The van der Waals surface area contributed by atoms with Gasteiger partial charge in [0.05, 0.1) is 6.54 Å². The van der Waals surface area contributed by atoms with Crippen molar-refractivity contribution in [1.82, 2.24) is 10.2 Å². The molecule has 1 aromatic heterocycles. The number of amides is 1. The molecule has 2 aromatic carbocycles. The van der Waals surface area contributed by atoms with Crippen molar-refractivity contribution in [1.29, 1.82) is 0 Å². The van der Waals surface area contributed by atoms with Crippen LogP contribution in [0.25, 0.3) is 0 Å². The molecule has 162 valence electrons. The molecule has 3 aromatic rings. The average Bonchev–Trinajstić information content (AvgIpc) is 3.38. The summed E-state index contributed by atoms with van der Waals surface area (Å²) in [6, 6.07) is 17.4. The maximum absolute atomic E-state index is 12.2. The predicted octanol–water partition coefficient (Wildman–Crippen LogP) is 5.00. The third-order valence-electron chi connectivity index (χ3n) is 4.85. The highest BCUT2D eigenvalue weighted by Gasteiger charge is 2.17. The van der Waals surface area contributed by atoms with E-state index in [9.17, 15) is 4.79 Å². The van der Waals surface area contributed by atoms with E-state index in [4.69, 9.17) is 25.5 Å². The van der Waals surface area contributed by atoms with E-state index < -0.39 is 0 Å². The molecule has 0 saturated heterocycles. The van der Waals surface area contributed by atoms with Crippen molar-refractivity contribution in [3.8, 4) is 11.5 Å². The number of hydrogen-bond acceptors (Lipinski definition) is 5. The smallest absolute Gasteiger partial charge is 0.287 e. The number of halogens is 1. The van der Waals surface area contributed by atoms with E-state index in [1.54, 1.807) is 6.07 Å². The van der Waals surface area contributed by atoms with Gasteiger partial charge in [0.1, 0.15) is 5.76 Å². The molecule has 0 radical (unpaired) electrons. The molecule has 4 rings (SSSR count). The molecule has 31 heavy (non-hydrogen) atoms. The number of carbonyl (C=O) groups is 1. The average molecular weight is 441 g/mol. The number of nitrogens with zero attached hydrogens (tertiary/aromatic N) is 1. The van der Waals surface area contributed by atoms with Crippen LogP contribution >= 0.6 is 11.6 Å². The van der Waals surface area contributed by atoms with Gasteiger partial charge in [0.2, 0.25) is 6.79 Å². The molecule has 0 saturated carbocycles. The molecular formula is C24H25ClN2O4. The Bertz CT molecular complexity index is 1050. The molecule has 0 spiro atoms. The van der Waals surface area contributed by atoms with Gasteiger partial charge in [-0.3, -0.25) is 9.69 Å². The van der Waals surface area contributed by atoms with E-state index in [1.165, 1.54) is 0 Å². The van der Waals surface area contributed by atoms with Crippen molar-refractivity contribution in [2.75, 3.05) is 6.79 Å². The Balaban J connectivity index is 1.51. The number of carbonyl (C=O) groups excluding carboxylic acids is 1. The van der Waals surface area contributed by atoms with Crippen molar-refractivity contribution in [3.05, 3.63) is 82.3 Å². The number of furan rings is 1. The lowest BCUT2D eigenvalue weighted by Gasteiger charge is -2.22. The van der Waals surface area contributed by atoms with Crippen LogP contribution in [0.1, 0.15) is 41.3 Å². The zero-order chi connectivity index (χ0) is 21.8. The molecule has 0 atom stereocenters. The molecule has 0 unspecified atom stereocenters. The van der Waals surface area contributed by atoms with Crippen molar-refractivity contribution >= 4 is 17.5 Å². The van der Waals surface area contributed by atoms with E-state index >= 15 is 0 Å². The summed E-state index contributed by atoms with van der Waals surface area (Å²) < 4.78 is 16.8. The van der Waals surface area contributed by atoms with Crippen LogP contribution in [0, 0.1) is 0 Å². The molecule has 1 aliphatic rings. The molecule has 0 bridgehead atoms. The predicted molar refractivity (Wildman–Crippen MR) is 118 cm³/mol. The van der Waals surface area contributed by atoms with Gasteiger partial charge < -0.3 is 19.2 Å². The summed E-state index contributed by atoms with van der Waals surface area (Å²) in [4.78, 5) is 14.5. The third kappa shape index (κ3) is 5.60. The number of ether oxygens (including phenoxy) is 2. The Labute approximate surface area is 186 Å². The summed E-state index contributed by atoms with van der Waals surface area (Å²) in [6.45, 7) is 6.00. The van der Waals surface area contributed by atoms with Crippen LogP contribution in [0.15, 0.2) is 59.0 Å². The molecular weight excluding hydrogens is 416 g/mol. The topological polar surface area (TPSA) is 63.9 Å². The van der Waals surface area contributed by atoms with Crippen LogP contribution < -0.4 is 14.8 Å². The van der Waals surface area contributed by atoms with Crippen LogP contribution in [0.3, 0.4) is 0 Å². The maximum Gasteiger partial charge on any atom is 0.287 e. The number of benzene rings is 2. The van der Waals surface area contributed by atoms with Crippen molar-refractivity contribution < 1.29 is 18.7 Å². The number of hydrogen-bond donors (Lipinski definition) is 1. The SMILES string of the molecule is CC(C)NC(=O)c1ccc(CN(Cc2ccc(Cl)cc2)Cc2ccc3c(c2)OCO3)o1. The minimum absolute atomic E-state index is 0.0495. The highest BCUT2D eigenvalue weighted by atomic mass is 35.5. The number of fused-ring (bicyclic) bond motifs is 1. The number of rotatable bonds is 8. The minimum atomic E-state index is -0.207. The molecule has 6 nitrogen and oxygen atoms in total. The van der Waals surface area contributed by atoms with Crippen LogP contribution in [-0.2, 0) is 19.6 Å². The summed E-state index contributed by atoms with van der Waals surface area (Å²) in [5.74, 6) is 2.36. The second kappa shape index (κ2) is 9.45. The second-order valence-corrected chi connectivity index (χ2v) is 8.29. The van der Waals surface area contributed by atoms with Gasteiger partial charge >= 0.3 is 0 Å². The van der Waals surface area contributed by atoms with Crippen molar-refractivity contribution in [2.45, 2.75) is 39.5 Å². The Morgan fingerprint density at radius 1 is 0.968 bits per heavy atom. The standard InChI is InChI=1S/C24H25ClN2O4/c1-16(2)26-24(28)22-10-8-20(31-22)14-27(12-17-3-6-19(25)7-4-17)13-18-5-9-21-23(11-18)30-15-29-21/h3-11,16H,12-15H2,1-2H3,(H,26,28). The lowest BCUT2D eigenvalue weighted by Crippen LogP contribution is -2.29. The minimum Gasteiger partial charge on any atom is -0.455 e. The highest BCUT2D eigenvalue weighted by Crippen LogP contribution is 2.33. The fraction of sp³-hybridized carbons (Fsp3) is 0.292. The molecule has 0 aliphatic carbocycles. The lowest BCUT2D eigenvalue weighted by atomic mass is 10.1. The number of nitrogens with one attached hydrogen (secondary N) is 1. The van der Waals surface area contributed by atoms with E-state index in [2.05, 4.69) is 10.2 Å². The van der Waals surface area contributed by atoms with E-state index in [1.807, 2.05) is 62.4 Å². The van der Waals surface area contributed by atoms with Gasteiger partial charge in [0.15, 0.2) is 17.3 Å². The monoisotopic (exact) mass is 440 g/mol. The quantitative estimate of drug-likeness (QED) is 0.534. The van der Waals surface area contributed by atoms with Crippen LogP contribution in [0.2, 0.25) is 5.02 Å².